The fraction of sp³-hybridized carbons (Fsp3) is 0.273. The first-order valence-electron chi connectivity index (χ1n) is 4.42. The monoisotopic (exact) mass is 174 g/mol. The molecule has 1 unspecified atom stereocenters. The lowest BCUT2D eigenvalue weighted by atomic mass is 9.91. The van der Waals surface area contributed by atoms with Crippen molar-refractivity contribution in [2.45, 2.75) is 12.8 Å². The van der Waals surface area contributed by atoms with Crippen molar-refractivity contribution in [1.29, 1.82) is 0 Å². The van der Waals surface area contributed by atoms with Crippen molar-refractivity contribution in [3.8, 4) is 0 Å². The lowest BCUT2D eigenvalue weighted by molar-refractivity contribution is -0.114. The number of hydrogen-bond donors (Lipinski definition) is 0. The number of ketones is 2. The van der Waals surface area contributed by atoms with E-state index in [1.54, 1.807) is 0 Å². The smallest absolute Gasteiger partial charge is 0.182 e. The van der Waals surface area contributed by atoms with E-state index in [0.717, 1.165) is 12.8 Å². The summed E-state index contributed by atoms with van der Waals surface area (Å²) in [5.74, 6) is 0.0763. The van der Waals surface area contributed by atoms with Crippen LogP contribution in [0.5, 0.6) is 0 Å². The normalized spacial score (nSPS) is 26.8. The molecule has 0 amide bonds. The van der Waals surface area contributed by atoms with Crippen LogP contribution in [-0.4, -0.2) is 11.6 Å². The lowest BCUT2D eigenvalue weighted by Gasteiger charge is -2.11. The first kappa shape index (κ1) is 8.17. The molecule has 0 fully saturated rings. The maximum absolute atomic E-state index is 11.4. The Kier molecular flexibility index (Phi) is 1.97. The SMILES string of the molecule is O=C1C=CC(=O)C(C2C=CCC2)=C1. The number of rotatable bonds is 1. The highest BCUT2D eigenvalue weighted by molar-refractivity contribution is 6.17. The summed E-state index contributed by atoms with van der Waals surface area (Å²) >= 11 is 0. The Bertz CT molecular complexity index is 345. The van der Waals surface area contributed by atoms with Gasteiger partial charge in [-0.1, -0.05) is 12.2 Å². The molecule has 0 bridgehead atoms. The van der Waals surface area contributed by atoms with Crippen molar-refractivity contribution in [1.82, 2.24) is 0 Å². The van der Waals surface area contributed by atoms with Crippen LogP contribution in [0.4, 0.5) is 0 Å². The van der Waals surface area contributed by atoms with Gasteiger partial charge in [0.1, 0.15) is 0 Å². The molecule has 0 radical (unpaired) electrons. The van der Waals surface area contributed by atoms with Crippen LogP contribution in [0.25, 0.3) is 0 Å². The highest BCUT2D eigenvalue weighted by atomic mass is 16.1. The zero-order valence-corrected chi connectivity index (χ0v) is 7.19. The summed E-state index contributed by atoms with van der Waals surface area (Å²) in [7, 11) is 0. The van der Waals surface area contributed by atoms with E-state index >= 15 is 0 Å². The molecule has 2 aliphatic carbocycles. The van der Waals surface area contributed by atoms with Gasteiger partial charge in [0.15, 0.2) is 11.6 Å². The summed E-state index contributed by atoms with van der Waals surface area (Å²) in [4.78, 5) is 22.4. The summed E-state index contributed by atoms with van der Waals surface area (Å²) in [6.45, 7) is 0. The average Bonchev–Trinajstić information content (AvgIpc) is 2.61. The Hall–Kier alpha value is -1.44. The Labute approximate surface area is 76.6 Å². The van der Waals surface area contributed by atoms with E-state index < -0.39 is 0 Å². The highest BCUT2D eigenvalue weighted by Gasteiger charge is 2.22. The number of carbonyl (C=O) groups excluding carboxylic acids is 2. The Balaban J connectivity index is 2.26. The van der Waals surface area contributed by atoms with Gasteiger partial charge in [-0.25, -0.2) is 0 Å². The third-order valence-electron chi connectivity index (χ3n) is 2.39. The van der Waals surface area contributed by atoms with Crippen molar-refractivity contribution in [2.24, 2.45) is 5.92 Å². The molecule has 2 heteroatoms. The molecule has 0 aromatic carbocycles. The molecule has 2 aliphatic rings. The third kappa shape index (κ3) is 1.52. The van der Waals surface area contributed by atoms with Crippen LogP contribution in [0.2, 0.25) is 0 Å². The van der Waals surface area contributed by atoms with Crippen molar-refractivity contribution in [3.05, 3.63) is 36.0 Å². The van der Waals surface area contributed by atoms with E-state index in [0.29, 0.717) is 5.57 Å². The third-order valence-corrected chi connectivity index (χ3v) is 2.39. The van der Waals surface area contributed by atoms with Crippen LogP contribution in [0.15, 0.2) is 36.0 Å². The Morgan fingerprint density at radius 3 is 2.77 bits per heavy atom. The maximum Gasteiger partial charge on any atom is 0.182 e. The molecule has 0 aliphatic heterocycles. The zero-order valence-electron chi connectivity index (χ0n) is 7.19. The predicted octanol–water partition coefficient (Wildman–Crippen LogP) is 1.59. The highest BCUT2D eigenvalue weighted by Crippen LogP contribution is 2.26. The molecule has 2 nitrogen and oxygen atoms in total. The molecular weight excluding hydrogens is 164 g/mol. The quantitative estimate of drug-likeness (QED) is 0.447. The van der Waals surface area contributed by atoms with Crippen LogP contribution in [0.3, 0.4) is 0 Å². The molecule has 0 saturated heterocycles. The molecule has 66 valence electrons. The molecule has 0 aromatic rings. The summed E-state index contributed by atoms with van der Waals surface area (Å²) in [5.41, 5.74) is 0.654. The first-order valence-corrected chi connectivity index (χ1v) is 4.42. The standard InChI is InChI=1S/C11H10O2/c12-9-5-6-11(13)10(7-9)8-3-1-2-4-8/h1,3,5-8H,2,4H2. The zero-order chi connectivity index (χ0) is 9.26. The second-order valence-electron chi connectivity index (χ2n) is 3.31. The van der Waals surface area contributed by atoms with Gasteiger partial charge in [-0.3, -0.25) is 9.59 Å². The molecular formula is C11H10O2. The van der Waals surface area contributed by atoms with Gasteiger partial charge >= 0.3 is 0 Å². The lowest BCUT2D eigenvalue weighted by Crippen LogP contribution is -2.13. The van der Waals surface area contributed by atoms with E-state index in [9.17, 15) is 9.59 Å². The van der Waals surface area contributed by atoms with Crippen LogP contribution in [0.1, 0.15) is 12.8 Å². The molecule has 1 atom stereocenters. The second-order valence-corrected chi connectivity index (χ2v) is 3.31. The maximum atomic E-state index is 11.4. The first-order chi connectivity index (χ1) is 6.27. The fourth-order valence-electron chi connectivity index (χ4n) is 1.71. The van der Waals surface area contributed by atoms with Gasteiger partial charge in [0.05, 0.1) is 0 Å². The van der Waals surface area contributed by atoms with Gasteiger partial charge in [-0.05, 0) is 31.1 Å². The molecule has 0 spiro atoms. The minimum absolute atomic E-state index is 0.0175. The van der Waals surface area contributed by atoms with Gasteiger partial charge in [-0.2, -0.15) is 0 Å². The molecule has 0 N–H and O–H groups in total. The van der Waals surface area contributed by atoms with Crippen LogP contribution < -0.4 is 0 Å². The van der Waals surface area contributed by atoms with Crippen LogP contribution in [-0.2, 0) is 9.59 Å². The van der Waals surface area contributed by atoms with E-state index in [-0.39, 0.29) is 17.5 Å². The Morgan fingerprint density at radius 1 is 1.23 bits per heavy atom. The van der Waals surface area contributed by atoms with Gasteiger partial charge in [0.25, 0.3) is 0 Å². The van der Waals surface area contributed by atoms with E-state index in [1.807, 2.05) is 6.08 Å². The average molecular weight is 174 g/mol. The van der Waals surface area contributed by atoms with Crippen LogP contribution in [0, 0.1) is 5.92 Å². The van der Waals surface area contributed by atoms with Crippen molar-refractivity contribution in [2.75, 3.05) is 0 Å². The minimum Gasteiger partial charge on any atom is -0.290 e. The second kappa shape index (κ2) is 3.13. The number of carbonyl (C=O) groups is 2. The van der Waals surface area contributed by atoms with Gasteiger partial charge in [0, 0.05) is 11.5 Å². The van der Waals surface area contributed by atoms with Gasteiger partial charge < -0.3 is 0 Å². The van der Waals surface area contributed by atoms with Crippen molar-refractivity contribution >= 4 is 11.6 Å². The van der Waals surface area contributed by atoms with Crippen molar-refractivity contribution in [3.63, 3.8) is 0 Å². The molecule has 0 saturated carbocycles. The predicted molar refractivity (Wildman–Crippen MR) is 49.1 cm³/mol. The van der Waals surface area contributed by atoms with Gasteiger partial charge in [0.2, 0.25) is 0 Å². The summed E-state index contributed by atoms with van der Waals surface area (Å²) < 4.78 is 0. The van der Waals surface area contributed by atoms with Gasteiger partial charge in [-0.15, -0.1) is 0 Å². The van der Waals surface area contributed by atoms with Crippen molar-refractivity contribution < 1.29 is 9.59 Å². The Morgan fingerprint density at radius 2 is 2.08 bits per heavy atom. The number of allylic oxidation sites excluding steroid dienone is 6. The molecule has 0 heterocycles. The molecule has 2 rings (SSSR count). The molecule has 13 heavy (non-hydrogen) atoms. The van der Waals surface area contributed by atoms with Crippen LogP contribution >= 0.6 is 0 Å². The summed E-state index contributed by atoms with van der Waals surface area (Å²) in [6, 6.07) is 0. The number of hydrogen-bond acceptors (Lipinski definition) is 2. The van der Waals surface area contributed by atoms with E-state index in [4.69, 9.17) is 0 Å². The minimum atomic E-state index is -0.0742. The summed E-state index contributed by atoms with van der Waals surface area (Å²) in [6.07, 6.45) is 10.2. The fourth-order valence-corrected chi connectivity index (χ4v) is 1.71. The topological polar surface area (TPSA) is 34.1 Å². The largest absolute Gasteiger partial charge is 0.290 e. The van der Waals surface area contributed by atoms with E-state index in [1.165, 1.54) is 18.2 Å². The van der Waals surface area contributed by atoms with E-state index in [2.05, 4.69) is 6.08 Å². The summed E-state index contributed by atoms with van der Waals surface area (Å²) in [5, 5.41) is 0. The molecule has 0 aromatic heterocycles.